The molecule has 1 N–H and O–H groups in total. The maximum atomic E-state index is 10.9. The Labute approximate surface area is 108 Å². The molecule has 0 saturated carbocycles. The first-order valence-electron chi connectivity index (χ1n) is 6.00. The van der Waals surface area contributed by atoms with Crippen molar-refractivity contribution in [2.24, 2.45) is 0 Å². The zero-order chi connectivity index (χ0) is 13.5. The van der Waals surface area contributed by atoms with Crippen LogP contribution in [0.1, 0.15) is 16.7 Å². The summed E-state index contributed by atoms with van der Waals surface area (Å²) in [6.07, 6.45) is 0.826. The zero-order valence-electron chi connectivity index (χ0n) is 11.5. The fourth-order valence-corrected chi connectivity index (χ4v) is 1.94. The molecule has 4 nitrogen and oxygen atoms in total. The number of nitrogens with one attached hydrogen (secondary N) is 1. The smallest absolute Gasteiger partial charge is 0.319 e. The molecular formula is C14H21NO3. The van der Waals surface area contributed by atoms with Gasteiger partial charge in [-0.15, -0.1) is 0 Å². The fraction of sp³-hybridized carbons (Fsp3) is 0.500. The molecule has 0 fully saturated rings. The molecule has 18 heavy (non-hydrogen) atoms. The van der Waals surface area contributed by atoms with Crippen molar-refractivity contribution in [2.45, 2.75) is 20.3 Å². The van der Waals surface area contributed by atoms with E-state index in [1.807, 2.05) is 6.07 Å². The van der Waals surface area contributed by atoms with Gasteiger partial charge >= 0.3 is 5.97 Å². The highest BCUT2D eigenvalue weighted by molar-refractivity contribution is 5.71. The number of carbonyl (C=O) groups excluding carboxylic acids is 1. The van der Waals surface area contributed by atoms with Crippen molar-refractivity contribution < 1.29 is 14.3 Å². The molecule has 0 aliphatic heterocycles. The van der Waals surface area contributed by atoms with Crippen LogP contribution in [0, 0.1) is 13.8 Å². The maximum absolute atomic E-state index is 10.9. The lowest BCUT2D eigenvalue weighted by atomic mass is 10.0. The number of rotatable bonds is 6. The van der Waals surface area contributed by atoms with Gasteiger partial charge in [-0.1, -0.05) is 6.07 Å². The van der Waals surface area contributed by atoms with Gasteiger partial charge in [0.2, 0.25) is 0 Å². The van der Waals surface area contributed by atoms with Gasteiger partial charge in [0, 0.05) is 0 Å². The summed E-state index contributed by atoms with van der Waals surface area (Å²) >= 11 is 0. The Balaban J connectivity index is 2.59. The van der Waals surface area contributed by atoms with E-state index in [1.165, 1.54) is 23.8 Å². The summed E-state index contributed by atoms with van der Waals surface area (Å²) in [5.41, 5.74) is 3.59. The van der Waals surface area contributed by atoms with Crippen LogP contribution in [-0.4, -0.2) is 33.3 Å². The number of carbonyl (C=O) groups is 1. The van der Waals surface area contributed by atoms with Crippen molar-refractivity contribution in [2.75, 3.05) is 27.3 Å². The predicted octanol–water partition coefficient (Wildman–Crippen LogP) is 1.62. The van der Waals surface area contributed by atoms with Crippen molar-refractivity contribution >= 4 is 5.97 Å². The predicted molar refractivity (Wildman–Crippen MR) is 71.1 cm³/mol. The Kier molecular flexibility index (Phi) is 5.65. The monoisotopic (exact) mass is 251 g/mol. The second-order valence-corrected chi connectivity index (χ2v) is 4.27. The lowest BCUT2D eigenvalue weighted by molar-refractivity contribution is -0.139. The Morgan fingerprint density at radius 3 is 2.61 bits per heavy atom. The summed E-state index contributed by atoms with van der Waals surface area (Å²) in [5.74, 6) is 0.662. The van der Waals surface area contributed by atoms with E-state index in [0.717, 1.165) is 18.7 Å². The topological polar surface area (TPSA) is 47.6 Å². The van der Waals surface area contributed by atoms with E-state index >= 15 is 0 Å². The van der Waals surface area contributed by atoms with Crippen LogP contribution in [-0.2, 0) is 16.0 Å². The summed E-state index contributed by atoms with van der Waals surface area (Å²) < 4.78 is 9.95. The molecule has 0 unspecified atom stereocenters. The number of ether oxygens (including phenoxy) is 2. The van der Waals surface area contributed by atoms with Gasteiger partial charge in [-0.3, -0.25) is 4.79 Å². The van der Waals surface area contributed by atoms with Gasteiger partial charge in [0.1, 0.15) is 5.75 Å². The van der Waals surface area contributed by atoms with Crippen molar-refractivity contribution in [1.29, 1.82) is 0 Å². The van der Waals surface area contributed by atoms with Crippen molar-refractivity contribution in [3.05, 3.63) is 28.8 Å². The molecule has 0 spiro atoms. The first-order valence-corrected chi connectivity index (χ1v) is 6.00. The van der Waals surface area contributed by atoms with Crippen LogP contribution in [0.15, 0.2) is 12.1 Å². The van der Waals surface area contributed by atoms with Crippen LogP contribution in [0.4, 0.5) is 0 Å². The first kappa shape index (κ1) is 14.5. The molecule has 0 aliphatic carbocycles. The van der Waals surface area contributed by atoms with E-state index in [2.05, 4.69) is 30.0 Å². The number of hydrogen-bond donors (Lipinski definition) is 1. The molecule has 0 bridgehead atoms. The van der Waals surface area contributed by atoms with Gasteiger partial charge in [0.05, 0.1) is 20.8 Å². The van der Waals surface area contributed by atoms with Crippen LogP contribution in [0.2, 0.25) is 0 Å². The van der Waals surface area contributed by atoms with E-state index in [9.17, 15) is 4.79 Å². The van der Waals surface area contributed by atoms with Gasteiger partial charge in [-0.2, -0.15) is 0 Å². The maximum Gasteiger partial charge on any atom is 0.319 e. The second kappa shape index (κ2) is 7.01. The van der Waals surface area contributed by atoms with E-state index < -0.39 is 0 Å². The summed E-state index contributed by atoms with van der Waals surface area (Å²) in [6, 6.07) is 4.17. The zero-order valence-corrected chi connectivity index (χ0v) is 11.5. The van der Waals surface area contributed by atoms with Crippen molar-refractivity contribution in [3.63, 3.8) is 0 Å². The molecule has 1 rings (SSSR count). The molecule has 0 radical (unpaired) electrons. The molecule has 1 aromatic rings. The minimum atomic E-state index is -0.248. The van der Waals surface area contributed by atoms with E-state index in [-0.39, 0.29) is 12.5 Å². The third kappa shape index (κ3) is 4.04. The lowest BCUT2D eigenvalue weighted by Gasteiger charge is -2.13. The third-order valence-corrected chi connectivity index (χ3v) is 2.85. The van der Waals surface area contributed by atoms with Crippen LogP contribution < -0.4 is 10.1 Å². The number of esters is 1. The molecule has 0 atom stereocenters. The molecule has 0 aromatic heterocycles. The van der Waals surface area contributed by atoms with E-state index in [1.54, 1.807) is 7.11 Å². The average Bonchev–Trinajstić information content (AvgIpc) is 2.35. The van der Waals surface area contributed by atoms with E-state index in [4.69, 9.17) is 4.74 Å². The number of benzene rings is 1. The standard InChI is InChI=1S/C14H21NO3/c1-10-7-11(2)12(13(8-10)17-3)5-6-15-9-14(16)18-4/h7-8,15H,5-6,9H2,1-4H3. The Bertz CT molecular complexity index is 416. The van der Waals surface area contributed by atoms with Gasteiger partial charge in [-0.05, 0) is 49.6 Å². The molecule has 100 valence electrons. The van der Waals surface area contributed by atoms with Gasteiger partial charge in [0.25, 0.3) is 0 Å². The number of methoxy groups -OCH3 is 2. The molecule has 4 heteroatoms. The van der Waals surface area contributed by atoms with Crippen LogP contribution in [0.25, 0.3) is 0 Å². The summed E-state index contributed by atoms with van der Waals surface area (Å²) in [6.45, 7) is 5.08. The van der Waals surface area contributed by atoms with Gasteiger partial charge in [-0.25, -0.2) is 0 Å². The normalized spacial score (nSPS) is 10.2. The largest absolute Gasteiger partial charge is 0.496 e. The average molecular weight is 251 g/mol. The fourth-order valence-electron chi connectivity index (χ4n) is 1.94. The third-order valence-electron chi connectivity index (χ3n) is 2.85. The highest BCUT2D eigenvalue weighted by Crippen LogP contribution is 2.24. The Hall–Kier alpha value is -1.55. The number of aryl methyl sites for hydroxylation is 2. The minimum absolute atomic E-state index is 0.240. The van der Waals surface area contributed by atoms with Crippen LogP contribution >= 0.6 is 0 Å². The molecule has 1 aromatic carbocycles. The van der Waals surface area contributed by atoms with Crippen LogP contribution in [0.3, 0.4) is 0 Å². The summed E-state index contributed by atoms with van der Waals surface area (Å²) in [7, 11) is 3.07. The van der Waals surface area contributed by atoms with E-state index in [0.29, 0.717) is 0 Å². The van der Waals surface area contributed by atoms with Crippen molar-refractivity contribution in [1.82, 2.24) is 5.32 Å². The highest BCUT2D eigenvalue weighted by Gasteiger charge is 2.07. The van der Waals surface area contributed by atoms with Gasteiger partial charge < -0.3 is 14.8 Å². The molecule has 0 aliphatic rings. The molecule has 0 saturated heterocycles. The summed E-state index contributed by atoms with van der Waals surface area (Å²) in [5, 5.41) is 3.05. The van der Waals surface area contributed by atoms with Gasteiger partial charge in [0.15, 0.2) is 0 Å². The first-order chi connectivity index (χ1) is 8.58. The second-order valence-electron chi connectivity index (χ2n) is 4.27. The highest BCUT2D eigenvalue weighted by atomic mass is 16.5. The van der Waals surface area contributed by atoms with Crippen molar-refractivity contribution in [3.8, 4) is 5.75 Å². The molecular weight excluding hydrogens is 230 g/mol. The van der Waals surface area contributed by atoms with Crippen LogP contribution in [0.5, 0.6) is 5.75 Å². The SMILES string of the molecule is COC(=O)CNCCc1c(C)cc(C)cc1OC. The molecule has 0 amide bonds. The Morgan fingerprint density at radius 2 is 2.00 bits per heavy atom. The number of hydrogen-bond acceptors (Lipinski definition) is 4. The molecule has 0 heterocycles. The Morgan fingerprint density at radius 1 is 1.28 bits per heavy atom. The summed E-state index contributed by atoms with van der Waals surface area (Å²) in [4.78, 5) is 10.9. The lowest BCUT2D eigenvalue weighted by Crippen LogP contribution is -2.26. The quantitative estimate of drug-likeness (QED) is 0.616. The minimum Gasteiger partial charge on any atom is -0.496 e.